The van der Waals surface area contributed by atoms with E-state index in [2.05, 4.69) is 36.5 Å². The van der Waals surface area contributed by atoms with Crippen molar-refractivity contribution in [3.8, 4) is 0 Å². The highest BCUT2D eigenvalue weighted by Gasteiger charge is 2.32. The van der Waals surface area contributed by atoms with Crippen molar-refractivity contribution in [2.45, 2.75) is 46.5 Å². The number of aryl methyl sites for hydroxylation is 1. The molecule has 3 N–H and O–H groups in total. The van der Waals surface area contributed by atoms with Gasteiger partial charge in [-0.05, 0) is 36.8 Å². The van der Waals surface area contributed by atoms with Crippen LogP contribution in [0, 0.1) is 5.41 Å². The maximum absolute atomic E-state index is 12.3. The highest BCUT2D eigenvalue weighted by molar-refractivity contribution is 5.82. The average Bonchev–Trinajstić information content (AvgIpc) is 2.50. The second-order valence-electron chi connectivity index (χ2n) is 5.37. The van der Waals surface area contributed by atoms with E-state index in [4.69, 9.17) is 5.73 Å². The summed E-state index contributed by atoms with van der Waals surface area (Å²) in [4.78, 5) is 12.3. The molecule has 3 heteroatoms. The third kappa shape index (κ3) is 4.07. The van der Waals surface area contributed by atoms with Gasteiger partial charge in [0.05, 0.1) is 5.41 Å². The number of nitrogens with one attached hydrogen (secondary N) is 1. The Bertz CT molecular complexity index is 399. The minimum Gasteiger partial charge on any atom is -0.355 e. The molecule has 1 amide bonds. The van der Waals surface area contributed by atoms with Gasteiger partial charge in [0.1, 0.15) is 0 Å². The van der Waals surface area contributed by atoms with Gasteiger partial charge in [0.25, 0.3) is 0 Å². The fraction of sp³-hybridized carbons (Fsp3) is 0.588. The Hall–Kier alpha value is -1.35. The van der Waals surface area contributed by atoms with Gasteiger partial charge in [-0.1, -0.05) is 45.0 Å². The van der Waals surface area contributed by atoms with Crippen LogP contribution in [0.3, 0.4) is 0 Å². The summed E-state index contributed by atoms with van der Waals surface area (Å²) < 4.78 is 0. The maximum Gasteiger partial charge on any atom is 0.227 e. The topological polar surface area (TPSA) is 55.1 Å². The lowest BCUT2D eigenvalue weighted by Crippen LogP contribution is -2.45. The van der Waals surface area contributed by atoms with Crippen LogP contribution in [-0.4, -0.2) is 19.0 Å². The quantitative estimate of drug-likeness (QED) is 0.767. The monoisotopic (exact) mass is 276 g/mol. The summed E-state index contributed by atoms with van der Waals surface area (Å²) in [7, 11) is 0. The second-order valence-corrected chi connectivity index (χ2v) is 5.37. The van der Waals surface area contributed by atoms with Gasteiger partial charge in [0.2, 0.25) is 5.91 Å². The van der Waals surface area contributed by atoms with Crippen molar-refractivity contribution in [2.24, 2.45) is 11.1 Å². The van der Waals surface area contributed by atoms with Crippen molar-refractivity contribution < 1.29 is 4.79 Å². The third-order valence-electron chi connectivity index (χ3n) is 4.36. The molecule has 0 fully saturated rings. The summed E-state index contributed by atoms with van der Waals surface area (Å²) in [5.74, 6) is 0.0928. The Labute approximate surface area is 122 Å². The Kier molecular flexibility index (Phi) is 6.73. The van der Waals surface area contributed by atoms with E-state index in [-0.39, 0.29) is 5.91 Å². The number of benzene rings is 1. The summed E-state index contributed by atoms with van der Waals surface area (Å²) in [6.07, 6.45) is 3.50. The molecule has 0 unspecified atom stereocenters. The molecular weight excluding hydrogens is 248 g/mol. The lowest BCUT2D eigenvalue weighted by Gasteiger charge is -2.28. The van der Waals surface area contributed by atoms with Crippen molar-refractivity contribution in [3.63, 3.8) is 0 Å². The van der Waals surface area contributed by atoms with Crippen molar-refractivity contribution >= 4 is 5.91 Å². The predicted molar refractivity (Wildman–Crippen MR) is 84.6 cm³/mol. The van der Waals surface area contributed by atoms with Crippen molar-refractivity contribution in [3.05, 3.63) is 35.4 Å². The van der Waals surface area contributed by atoms with Crippen molar-refractivity contribution in [2.75, 3.05) is 13.1 Å². The lowest BCUT2D eigenvalue weighted by atomic mass is 9.81. The molecule has 0 heterocycles. The molecule has 0 saturated carbocycles. The van der Waals surface area contributed by atoms with Crippen molar-refractivity contribution in [1.82, 2.24) is 5.32 Å². The smallest absolute Gasteiger partial charge is 0.227 e. The number of carbonyl (C=O) groups is 1. The molecule has 0 spiro atoms. The summed E-state index contributed by atoms with van der Waals surface area (Å²) in [6.45, 7) is 7.29. The number of hydrogen-bond acceptors (Lipinski definition) is 2. The molecule has 0 bridgehead atoms. The zero-order chi connectivity index (χ0) is 15.0. The van der Waals surface area contributed by atoms with E-state index < -0.39 is 5.41 Å². The standard InChI is InChI=1S/C17H28N2O/c1-4-14-7-9-15(10-8-14)11-12-19-16(20)17(5-2,6-3)13-18/h7-10H,4-6,11-13,18H2,1-3H3,(H,19,20). The number of hydrogen-bond donors (Lipinski definition) is 2. The average molecular weight is 276 g/mol. The van der Waals surface area contributed by atoms with Crippen LogP contribution in [0.15, 0.2) is 24.3 Å². The van der Waals surface area contributed by atoms with Gasteiger partial charge in [0, 0.05) is 13.1 Å². The second kappa shape index (κ2) is 8.05. The maximum atomic E-state index is 12.3. The molecule has 1 aromatic rings. The molecule has 0 aliphatic rings. The SMILES string of the molecule is CCc1ccc(CCNC(=O)C(CC)(CC)CN)cc1. The molecule has 0 aliphatic carbocycles. The molecule has 0 aliphatic heterocycles. The van der Waals surface area contributed by atoms with Crippen LogP contribution >= 0.6 is 0 Å². The van der Waals surface area contributed by atoms with Crippen molar-refractivity contribution in [1.29, 1.82) is 0 Å². The summed E-state index contributed by atoms with van der Waals surface area (Å²) in [6, 6.07) is 8.58. The van der Waals surface area contributed by atoms with Crippen LogP contribution in [0.4, 0.5) is 0 Å². The first-order chi connectivity index (χ1) is 9.61. The molecule has 0 aromatic heterocycles. The minimum atomic E-state index is -0.397. The summed E-state index contributed by atoms with van der Waals surface area (Å²) >= 11 is 0. The van der Waals surface area contributed by atoms with E-state index >= 15 is 0 Å². The third-order valence-corrected chi connectivity index (χ3v) is 4.36. The Morgan fingerprint density at radius 1 is 1.10 bits per heavy atom. The van der Waals surface area contributed by atoms with E-state index in [0.29, 0.717) is 13.1 Å². The first-order valence-corrected chi connectivity index (χ1v) is 7.68. The highest BCUT2D eigenvalue weighted by atomic mass is 16.2. The normalized spacial score (nSPS) is 11.4. The highest BCUT2D eigenvalue weighted by Crippen LogP contribution is 2.24. The predicted octanol–water partition coefficient (Wildman–Crippen LogP) is 2.67. The van der Waals surface area contributed by atoms with Crippen LogP contribution in [-0.2, 0) is 17.6 Å². The number of amides is 1. The first-order valence-electron chi connectivity index (χ1n) is 7.68. The molecule has 1 rings (SSSR count). The molecule has 0 radical (unpaired) electrons. The number of rotatable bonds is 8. The Morgan fingerprint density at radius 3 is 2.10 bits per heavy atom. The lowest BCUT2D eigenvalue weighted by molar-refractivity contribution is -0.131. The van der Waals surface area contributed by atoms with Gasteiger partial charge in [-0.2, -0.15) is 0 Å². The molecular formula is C17H28N2O. The van der Waals surface area contributed by atoms with Crippen LogP contribution in [0.1, 0.15) is 44.7 Å². The summed E-state index contributed by atoms with van der Waals surface area (Å²) in [5, 5.41) is 3.03. The van der Waals surface area contributed by atoms with Crippen LogP contribution in [0.25, 0.3) is 0 Å². The zero-order valence-electron chi connectivity index (χ0n) is 13.0. The zero-order valence-corrected chi connectivity index (χ0v) is 13.0. The van der Waals surface area contributed by atoms with Gasteiger partial charge in [-0.15, -0.1) is 0 Å². The van der Waals surface area contributed by atoms with Gasteiger partial charge >= 0.3 is 0 Å². The van der Waals surface area contributed by atoms with E-state index in [1.165, 1.54) is 11.1 Å². The number of carbonyl (C=O) groups excluding carboxylic acids is 1. The molecule has 20 heavy (non-hydrogen) atoms. The first kappa shape index (κ1) is 16.7. The number of nitrogens with two attached hydrogens (primary N) is 1. The molecule has 0 atom stereocenters. The molecule has 1 aromatic carbocycles. The summed E-state index contributed by atoms with van der Waals surface area (Å²) in [5.41, 5.74) is 7.99. The van der Waals surface area contributed by atoms with Gasteiger partial charge < -0.3 is 11.1 Å². The van der Waals surface area contributed by atoms with E-state index in [9.17, 15) is 4.79 Å². The minimum absolute atomic E-state index is 0.0928. The largest absolute Gasteiger partial charge is 0.355 e. The fourth-order valence-electron chi connectivity index (χ4n) is 2.40. The van der Waals surface area contributed by atoms with E-state index in [1.54, 1.807) is 0 Å². The molecule has 3 nitrogen and oxygen atoms in total. The van der Waals surface area contributed by atoms with Crippen LogP contribution < -0.4 is 11.1 Å². The Morgan fingerprint density at radius 2 is 1.65 bits per heavy atom. The molecule has 0 saturated heterocycles. The Balaban J connectivity index is 2.48. The van der Waals surface area contributed by atoms with E-state index in [1.807, 2.05) is 13.8 Å². The van der Waals surface area contributed by atoms with Crippen LogP contribution in [0.5, 0.6) is 0 Å². The fourth-order valence-corrected chi connectivity index (χ4v) is 2.40. The molecule has 112 valence electrons. The van der Waals surface area contributed by atoms with E-state index in [0.717, 1.165) is 25.7 Å². The van der Waals surface area contributed by atoms with Gasteiger partial charge in [-0.25, -0.2) is 0 Å². The van der Waals surface area contributed by atoms with Crippen LogP contribution in [0.2, 0.25) is 0 Å². The van der Waals surface area contributed by atoms with Gasteiger partial charge in [0.15, 0.2) is 0 Å². The van der Waals surface area contributed by atoms with Gasteiger partial charge in [-0.3, -0.25) is 4.79 Å².